The number of aliphatic hydroxyl groups is 1. The molecule has 4 heteroatoms. The molecular weight excluding hydrogens is 250 g/mol. The van der Waals surface area contributed by atoms with Gasteiger partial charge in [-0.15, -0.1) is 0 Å². The van der Waals surface area contributed by atoms with Crippen LogP contribution >= 0.6 is 11.6 Å². The van der Waals surface area contributed by atoms with Crippen LogP contribution in [0, 0.1) is 5.41 Å². The molecule has 1 aromatic carbocycles. The van der Waals surface area contributed by atoms with Gasteiger partial charge in [-0.05, 0) is 30.0 Å². The van der Waals surface area contributed by atoms with Crippen molar-refractivity contribution in [3.05, 3.63) is 28.8 Å². The molecular formula is C14H22ClNO2. The van der Waals surface area contributed by atoms with Gasteiger partial charge in [-0.2, -0.15) is 0 Å². The Morgan fingerprint density at radius 1 is 1.33 bits per heavy atom. The number of halogens is 1. The number of aromatic hydroxyl groups is 1. The lowest BCUT2D eigenvalue weighted by Crippen LogP contribution is -2.40. The van der Waals surface area contributed by atoms with E-state index in [2.05, 4.69) is 26.1 Å². The summed E-state index contributed by atoms with van der Waals surface area (Å²) in [5.41, 5.74) is 0.825. The van der Waals surface area contributed by atoms with E-state index in [1.165, 1.54) is 0 Å². The summed E-state index contributed by atoms with van der Waals surface area (Å²) in [6, 6.07) is 5.19. The first-order valence-corrected chi connectivity index (χ1v) is 6.54. The Kier molecular flexibility index (Phi) is 5.45. The molecule has 1 atom stereocenters. The van der Waals surface area contributed by atoms with Crippen LogP contribution < -0.4 is 5.32 Å². The van der Waals surface area contributed by atoms with Crippen LogP contribution in [0.1, 0.15) is 32.8 Å². The molecule has 0 fully saturated rings. The second kappa shape index (κ2) is 6.41. The molecule has 0 aliphatic heterocycles. The molecule has 0 heterocycles. The first-order chi connectivity index (χ1) is 8.34. The topological polar surface area (TPSA) is 52.5 Å². The minimum atomic E-state index is 0.0525. The van der Waals surface area contributed by atoms with Crippen molar-refractivity contribution in [1.82, 2.24) is 5.32 Å². The zero-order valence-electron chi connectivity index (χ0n) is 11.2. The summed E-state index contributed by atoms with van der Waals surface area (Å²) < 4.78 is 0. The molecule has 0 radical (unpaired) electrons. The van der Waals surface area contributed by atoms with Crippen molar-refractivity contribution in [3.63, 3.8) is 0 Å². The molecule has 0 aliphatic carbocycles. The maximum Gasteiger partial charge on any atom is 0.120 e. The van der Waals surface area contributed by atoms with Gasteiger partial charge in [-0.25, -0.2) is 0 Å². The predicted molar refractivity (Wildman–Crippen MR) is 74.9 cm³/mol. The van der Waals surface area contributed by atoms with Gasteiger partial charge in [-0.3, -0.25) is 0 Å². The Hall–Kier alpha value is -0.770. The number of phenols is 1. The van der Waals surface area contributed by atoms with E-state index in [0.717, 1.165) is 5.56 Å². The standard InChI is InChI=1S/C14H22ClNO2/c1-14(2,3)13(6-7-17)16-9-10-8-11(15)4-5-12(10)18/h4-5,8,13,16-18H,6-7,9H2,1-3H3. The lowest BCUT2D eigenvalue weighted by atomic mass is 9.85. The van der Waals surface area contributed by atoms with E-state index in [9.17, 15) is 5.11 Å². The molecule has 1 aromatic rings. The molecule has 102 valence electrons. The number of hydrogen-bond donors (Lipinski definition) is 3. The van der Waals surface area contributed by atoms with E-state index in [1.807, 2.05) is 0 Å². The molecule has 1 rings (SSSR count). The number of hydrogen-bond acceptors (Lipinski definition) is 3. The van der Waals surface area contributed by atoms with E-state index < -0.39 is 0 Å². The smallest absolute Gasteiger partial charge is 0.120 e. The molecule has 0 saturated carbocycles. The van der Waals surface area contributed by atoms with Crippen LogP contribution in [0.3, 0.4) is 0 Å². The number of benzene rings is 1. The molecule has 1 unspecified atom stereocenters. The SMILES string of the molecule is CC(C)(C)C(CCO)NCc1cc(Cl)ccc1O. The molecule has 0 aromatic heterocycles. The minimum Gasteiger partial charge on any atom is -0.508 e. The van der Waals surface area contributed by atoms with Crippen LogP contribution in [-0.4, -0.2) is 22.9 Å². The molecule has 3 nitrogen and oxygen atoms in total. The third-order valence-corrected chi connectivity index (χ3v) is 3.28. The Morgan fingerprint density at radius 3 is 2.56 bits per heavy atom. The van der Waals surface area contributed by atoms with Gasteiger partial charge < -0.3 is 15.5 Å². The Morgan fingerprint density at radius 2 is 2.00 bits per heavy atom. The van der Waals surface area contributed by atoms with Gasteiger partial charge in [0, 0.05) is 29.8 Å². The van der Waals surface area contributed by atoms with Crippen molar-refractivity contribution in [3.8, 4) is 5.75 Å². The minimum absolute atomic E-state index is 0.0525. The number of nitrogens with one attached hydrogen (secondary N) is 1. The fraction of sp³-hybridized carbons (Fsp3) is 0.571. The van der Waals surface area contributed by atoms with Crippen molar-refractivity contribution >= 4 is 11.6 Å². The summed E-state index contributed by atoms with van der Waals surface area (Å²) in [6.45, 7) is 7.05. The van der Waals surface area contributed by atoms with E-state index >= 15 is 0 Å². The number of aliphatic hydroxyl groups excluding tert-OH is 1. The monoisotopic (exact) mass is 271 g/mol. The highest BCUT2D eigenvalue weighted by Crippen LogP contribution is 2.25. The van der Waals surface area contributed by atoms with Crippen molar-refractivity contribution in [2.24, 2.45) is 5.41 Å². The second-order valence-electron chi connectivity index (χ2n) is 5.58. The third kappa shape index (κ3) is 4.48. The van der Waals surface area contributed by atoms with Gasteiger partial charge in [0.25, 0.3) is 0 Å². The third-order valence-electron chi connectivity index (χ3n) is 3.04. The van der Waals surface area contributed by atoms with Crippen LogP contribution in [0.25, 0.3) is 0 Å². The molecule has 18 heavy (non-hydrogen) atoms. The van der Waals surface area contributed by atoms with Crippen molar-refractivity contribution < 1.29 is 10.2 Å². The molecule has 0 saturated heterocycles. The lowest BCUT2D eigenvalue weighted by Gasteiger charge is -2.31. The first-order valence-electron chi connectivity index (χ1n) is 6.16. The predicted octanol–water partition coefficient (Wildman–Crippen LogP) is 2.93. The highest BCUT2D eigenvalue weighted by molar-refractivity contribution is 6.30. The van der Waals surface area contributed by atoms with Gasteiger partial charge in [0.1, 0.15) is 5.75 Å². The Balaban J connectivity index is 2.70. The molecule has 0 spiro atoms. The largest absolute Gasteiger partial charge is 0.508 e. The normalized spacial score (nSPS) is 13.6. The lowest BCUT2D eigenvalue weighted by molar-refractivity contribution is 0.196. The van der Waals surface area contributed by atoms with Crippen molar-refractivity contribution in [2.45, 2.75) is 39.8 Å². The van der Waals surface area contributed by atoms with E-state index in [1.54, 1.807) is 18.2 Å². The highest BCUT2D eigenvalue weighted by atomic mass is 35.5. The van der Waals surface area contributed by atoms with Crippen molar-refractivity contribution in [2.75, 3.05) is 6.61 Å². The van der Waals surface area contributed by atoms with Gasteiger partial charge in [0.15, 0.2) is 0 Å². The van der Waals surface area contributed by atoms with Crippen LogP contribution in [0.4, 0.5) is 0 Å². The summed E-state index contributed by atoms with van der Waals surface area (Å²) in [4.78, 5) is 0. The highest BCUT2D eigenvalue weighted by Gasteiger charge is 2.23. The summed E-state index contributed by atoms with van der Waals surface area (Å²) in [6.07, 6.45) is 0.685. The van der Waals surface area contributed by atoms with E-state index in [4.69, 9.17) is 16.7 Å². The zero-order chi connectivity index (χ0) is 13.8. The van der Waals surface area contributed by atoms with Crippen LogP contribution in [0.2, 0.25) is 5.02 Å². The van der Waals surface area contributed by atoms with Gasteiger partial charge in [0.2, 0.25) is 0 Å². The van der Waals surface area contributed by atoms with Crippen molar-refractivity contribution in [1.29, 1.82) is 0 Å². The van der Waals surface area contributed by atoms with Crippen LogP contribution in [-0.2, 0) is 6.54 Å². The summed E-state index contributed by atoms with van der Waals surface area (Å²) in [5, 5.41) is 22.8. The number of rotatable bonds is 5. The fourth-order valence-electron chi connectivity index (χ4n) is 1.90. The Bertz CT molecular complexity index is 388. The van der Waals surface area contributed by atoms with Crippen LogP contribution in [0.5, 0.6) is 5.75 Å². The summed E-state index contributed by atoms with van der Waals surface area (Å²) >= 11 is 5.90. The first kappa shape index (κ1) is 15.3. The fourth-order valence-corrected chi connectivity index (χ4v) is 2.09. The van der Waals surface area contributed by atoms with Gasteiger partial charge >= 0.3 is 0 Å². The van der Waals surface area contributed by atoms with Gasteiger partial charge in [0.05, 0.1) is 0 Å². The second-order valence-corrected chi connectivity index (χ2v) is 6.02. The zero-order valence-corrected chi connectivity index (χ0v) is 12.0. The summed E-state index contributed by atoms with van der Waals surface area (Å²) in [7, 11) is 0. The van der Waals surface area contributed by atoms with Crippen LogP contribution in [0.15, 0.2) is 18.2 Å². The molecule has 3 N–H and O–H groups in total. The maximum absolute atomic E-state index is 9.73. The van der Waals surface area contributed by atoms with E-state index in [-0.39, 0.29) is 23.8 Å². The average Bonchev–Trinajstić information content (AvgIpc) is 2.27. The Labute approximate surface area is 114 Å². The number of phenolic OH excluding ortho intramolecular Hbond substituents is 1. The maximum atomic E-state index is 9.73. The van der Waals surface area contributed by atoms with Gasteiger partial charge in [-0.1, -0.05) is 32.4 Å². The molecule has 0 amide bonds. The molecule has 0 aliphatic rings. The van der Waals surface area contributed by atoms with E-state index in [0.29, 0.717) is 18.0 Å². The average molecular weight is 272 g/mol. The quantitative estimate of drug-likeness (QED) is 0.772. The summed E-state index contributed by atoms with van der Waals surface area (Å²) in [5.74, 6) is 0.239. The molecule has 0 bridgehead atoms.